The van der Waals surface area contributed by atoms with Gasteiger partial charge in [-0.2, -0.15) is 10.1 Å². The van der Waals surface area contributed by atoms with Crippen LogP contribution in [0.2, 0.25) is 0 Å². The molecule has 0 aliphatic carbocycles. The van der Waals surface area contributed by atoms with Crippen molar-refractivity contribution in [3.63, 3.8) is 0 Å². The van der Waals surface area contributed by atoms with Gasteiger partial charge >= 0.3 is 0 Å². The van der Waals surface area contributed by atoms with Crippen LogP contribution in [0.5, 0.6) is 0 Å². The first-order chi connectivity index (χ1) is 6.99. The molecule has 0 saturated heterocycles. The third kappa shape index (κ3) is 4.75. The van der Waals surface area contributed by atoms with Crippen LogP contribution in [0.4, 0.5) is 5.95 Å². The van der Waals surface area contributed by atoms with Gasteiger partial charge in [0.05, 0.1) is 18.5 Å². The number of sulfonamides is 1. The van der Waals surface area contributed by atoms with Gasteiger partial charge in [-0.15, -0.1) is 0 Å². The SMILES string of the molecule is CC(C)OCCS(=O)(=O)Nc1ncn[nH]1. The molecule has 15 heavy (non-hydrogen) atoms. The van der Waals surface area contributed by atoms with Gasteiger partial charge in [0.2, 0.25) is 16.0 Å². The topological polar surface area (TPSA) is 97.0 Å². The molecule has 0 atom stereocenters. The van der Waals surface area contributed by atoms with Gasteiger partial charge in [-0.05, 0) is 13.8 Å². The van der Waals surface area contributed by atoms with Crippen LogP contribution in [0.15, 0.2) is 6.33 Å². The number of anilines is 1. The van der Waals surface area contributed by atoms with Gasteiger partial charge in [-0.25, -0.2) is 13.5 Å². The minimum Gasteiger partial charge on any atom is -0.378 e. The Bertz CT molecular complexity index is 373. The molecule has 0 amide bonds. The lowest BCUT2D eigenvalue weighted by atomic mass is 10.5. The smallest absolute Gasteiger partial charge is 0.237 e. The number of hydrogen-bond donors (Lipinski definition) is 2. The number of ether oxygens (including phenoxy) is 1. The molecule has 0 aromatic carbocycles. The Hall–Kier alpha value is -1.15. The van der Waals surface area contributed by atoms with Gasteiger partial charge in [-0.3, -0.25) is 4.72 Å². The van der Waals surface area contributed by atoms with Crippen molar-refractivity contribution in [2.75, 3.05) is 17.1 Å². The van der Waals surface area contributed by atoms with Crippen molar-refractivity contribution >= 4 is 16.0 Å². The van der Waals surface area contributed by atoms with Crippen molar-refractivity contribution in [2.45, 2.75) is 20.0 Å². The third-order valence-electron chi connectivity index (χ3n) is 1.47. The maximum Gasteiger partial charge on any atom is 0.237 e. The van der Waals surface area contributed by atoms with Gasteiger partial charge in [0.1, 0.15) is 6.33 Å². The minimum absolute atomic E-state index is 0.0190. The molecule has 0 saturated carbocycles. The average molecular weight is 234 g/mol. The highest BCUT2D eigenvalue weighted by atomic mass is 32.2. The lowest BCUT2D eigenvalue weighted by molar-refractivity contribution is 0.0913. The Morgan fingerprint density at radius 1 is 1.60 bits per heavy atom. The fourth-order valence-corrected chi connectivity index (χ4v) is 1.66. The Labute approximate surface area is 88.3 Å². The van der Waals surface area contributed by atoms with E-state index in [1.807, 2.05) is 13.8 Å². The molecular weight excluding hydrogens is 220 g/mol. The predicted molar refractivity (Wildman–Crippen MR) is 54.9 cm³/mol. The maximum absolute atomic E-state index is 11.4. The summed E-state index contributed by atoms with van der Waals surface area (Å²) in [5.41, 5.74) is 0. The van der Waals surface area contributed by atoms with Crippen LogP contribution in [-0.2, 0) is 14.8 Å². The van der Waals surface area contributed by atoms with E-state index in [1.54, 1.807) is 0 Å². The first kappa shape index (κ1) is 11.9. The van der Waals surface area contributed by atoms with Crippen LogP contribution >= 0.6 is 0 Å². The molecule has 1 heterocycles. The number of nitrogens with zero attached hydrogens (tertiary/aromatic N) is 2. The molecule has 0 bridgehead atoms. The van der Waals surface area contributed by atoms with E-state index in [-0.39, 0.29) is 24.4 Å². The molecule has 7 nitrogen and oxygen atoms in total. The van der Waals surface area contributed by atoms with E-state index in [4.69, 9.17) is 4.74 Å². The molecule has 1 aromatic rings. The second kappa shape index (κ2) is 5.08. The van der Waals surface area contributed by atoms with Crippen LogP contribution in [0.1, 0.15) is 13.8 Å². The summed E-state index contributed by atoms with van der Waals surface area (Å²) in [6.45, 7) is 3.84. The van der Waals surface area contributed by atoms with Crippen LogP contribution in [0.3, 0.4) is 0 Å². The Balaban J connectivity index is 2.39. The summed E-state index contributed by atoms with van der Waals surface area (Å²) in [6.07, 6.45) is 1.24. The molecule has 0 aliphatic rings. The molecule has 0 radical (unpaired) electrons. The summed E-state index contributed by atoms with van der Waals surface area (Å²) in [7, 11) is -3.41. The van der Waals surface area contributed by atoms with Crippen LogP contribution in [0.25, 0.3) is 0 Å². The lowest BCUT2D eigenvalue weighted by Crippen LogP contribution is -2.22. The van der Waals surface area contributed by atoms with Gasteiger partial charge in [0.15, 0.2) is 0 Å². The molecule has 2 N–H and O–H groups in total. The Morgan fingerprint density at radius 2 is 2.33 bits per heavy atom. The van der Waals surface area contributed by atoms with E-state index in [0.29, 0.717) is 0 Å². The van der Waals surface area contributed by atoms with E-state index in [9.17, 15) is 8.42 Å². The zero-order valence-electron chi connectivity index (χ0n) is 8.60. The van der Waals surface area contributed by atoms with Gasteiger partial charge < -0.3 is 4.74 Å². The van der Waals surface area contributed by atoms with Gasteiger partial charge in [0, 0.05) is 0 Å². The molecule has 1 aromatic heterocycles. The highest BCUT2D eigenvalue weighted by Gasteiger charge is 2.12. The molecular formula is C7H14N4O3S. The number of nitrogens with one attached hydrogen (secondary N) is 2. The summed E-state index contributed by atoms with van der Waals surface area (Å²) in [5.74, 6) is 0.00541. The van der Waals surface area contributed by atoms with E-state index < -0.39 is 10.0 Å². The normalized spacial score (nSPS) is 11.9. The number of hydrogen-bond acceptors (Lipinski definition) is 5. The summed E-state index contributed by atoms with van der Waals surface area (Å²) < 4.78 is 30.2. The average Bonchev–Trinajstić information content (AvgIpc) is 2.54. The quantitative estimate of drug-likeness (QED) is 0.720. The summed E-state index contributed by atoms with van der Waals surface area (Å²) in [5, 5.41) is 5.92. The summed E-state index contributed by atoms with van der Waals surface area (Å²) >= 11 is 0. The Kier molecular flexibility index (Phi) is 4.04. The number of aromatic amines is 1. The van der Waals surface area contributed by atoms with Crippen LogP contribution < -0.4 is 4.72 Å². The Morgan fingerprint density at radius 3 is 2.87 bits per heavy atom. The third-order valence-corrected chi connectivity index (χ3v) is 2.68. The van der Waals surface area contributed by atoms with Crippen molar-refractivity contribution in [1.29, 1.82) is 0 Å². The highest BCUT2D eigenvalue weighted by Crippen LogP contribution is 1.99. The standard InChI is InChI=1S/C7H14N4O3S/c1-6(2)14-3-4-15(12,13)11-7-8-5-9-10-7/h5-6H,3-4H2,1-2H3,(H2,8,9,10,11). The fraction of sp³-hybridized carbons (Fsp3) is 0.714. The first-order valence-corrected chi connectivity index (χ1v) is 6.12. The van der Waals surface area contributed by atoms with Gasteiger partial charge in [-0.1, -0.05) is 0 Å². The molecule has 0 aliphatic heterocycles. The highest BCUT2D eigenvalue weighted by molar-refractivity contribution is 7.92. The first-order valence-electron chi connectivity index (χ1n) is 4.47. The monoisotopic (exact) mass is 234 g/mol. The fourth-order valence-electron chi connectivity index (χ4n) is 0.847. The van der Waals surface area contributed by atoms with E-state index >= 15 is 0 Å². The number of rotatable bonds is 6. The van der Waals surface area contributed by atoms with E-state index in [2.05, 4.69) is 19.9 Å². The predicted octanol–water partition coefficient (Wildman–Crippen LogP) is -0.0286. The van der Waals surface area contributed by atoms with Crippen molar-refractivity contribution in [1.82, 2.24) is 15.2 Å². The van der Waals surface area contributed by atoms with Gasteiger partial charge in [0.25, 0.3) is 0 Å². The lowest BCUT2D eigenvalue weighted by Gasteiger charge is -2.08. The van der Waals surface area contributed by atoms with Crippen molar-refractivity contribution in [3.8, 4) is 0 Å². The molecule has 1 rings (SSSR count). The molecule has 0 unspecified atom stereocenters. The van der Waals surface area contributed by atoms with E-state index in [0.717, 1.165) is 0 Å². The largest absolute Gasteiger partial charge is 0.378 e. The molecule has 8 heteroatoms. The maximum atomic E-state index is 11.4. The number of aromatic nitrogens is 3. The zero-order chi connectivity index (χ0) is 11.3. The zero-order valence-corrected chi connectivity index (χ0v) is 9.41. The van der Waals surface area contributed by atoms with Crippen LogP contribution in [-0.4, -0.2) is 42.1 Å². The van der Waals surface area contributed by atoms with Crippen molar-refractivity contribution in [2.24, 2.45) is 0 Å². The molecule has 0 fully saturated rings. The second-order valence-corrected chi connectivity index (χ2v) is 5.02. The summed E-state index contributed by atoms with van der Waals surface area (Å²) in [4.78, 5) is 3.65. The van der Waals surface area contributed by atoms with Crippen molar-refractivity contribution in [3.05, 3.63) is 6.33 Å². The summed E-state index contributed by atoms with van der Waals surface area (Å²) in [6, 6.07) is 0. The second-order valence-electron chi connectivity index (χ2n) is 3.17. The van der Waals surface area contributed by atoms with Crippen molar-refractivity contribution < 1.29 is 13.2 Å². The van der Waals surface area contributed by atoms with Crippen LogP contribution in [0, 0.1) is 0 Å². The number of H-pyrrole nitrogens is 1. The molecule has 86 valence electrons. The van der Waals surface area contributed by atoms with E-state index in [1.165, 1.54) is 6.33 Å². The molecule has 0 spiro atoms. The minimum atomic E-state index is -3.41.